The topological polar surface area (TPSA) is 59.9 Å². The molecule has 0 aliphatic carbocycles. The Labute approximate surface area is 215 Å². The largest absolute Gasteiger partial charge is 0.490 e. The number of rotatable bonds is 8. The number of fused-ring (bicyclic) bond motifs is 1. The van der Waals surface area contributed by atoms with Gasteiger partial charge in [0, 0.05) is 4.47 Å². The van der Waals surface area contributed by atoms with Crippen molar-refractivity contribution in [3.05, 3.63) is 104 Å². The lowest BCUT2D eigenvalue weighted by atomic mass is 10.1. The fourth-order valence-corrected chi connectivity index (χ4v) is 4.54. The van der Waals surface area contributed by atoms with Crippen molar-refractivity contribution in [1.29, 1.82) is 0 Å². The molecule has 0 aliphatic rings. The van der Waals surface area contributed by atoms with Crippen LogP contribution in [0.3, 0.4) is 0 Å². The Bertz CT molecular complexity index is 1350. The first-order valence-electron chi connectivity index (χ1n) is 10.7. The van der Waals surface area contributed by atoms with E-state index < -0.39 is 0 Å². The lowest BCUT2D eigenvalue weighted by molar-refractivity contribution is 0.0954. The van der Waals surface area contributed by atoms with Gasteiger partial charge in [0.2, 0.25) is 0 Å². The number of nitrogens with one attached hydrogen (secondary N) is 1. The predicted octanol–water partition coefficient (Wildman–Crippen LogP) is 7.11. The smallest absolute Gasteiger partial charge is 0.272 e. The summed E-state index contributed by atoms with van der Waals surface area (Å²) < 4.78 is 13.5. The van der Waals surface area contributed by atoms with E-state index in [4.69, 9.17) is 9.47 Å². The molecule has 0 saturated carbocycles. The number of hydrogen-bond donors (Lipinski definition) is 1. The predicted molar refractivity (Wildman–Crippen MR) is 143 cm³/mol. The Hall–Kier alpha value is -3.16. The lowest BCUT2D eigenvalue weighted by Gasteiger charge is -2.15. The van der Waals surface area contributed by atoms with E-state index in [9.17, 15) is 4.79 Å². The van der Waals surface area contributed by atoms with E-state index in [1.165, 1.54) is 5.39 Å². The van der Waals surface area contributed by atoms with E-state index in [1.54, 1.807) is 24.4 Å². The fourth-order valence-electron chi connectivity index (χ4n) is 3.50. The summed E-state index contributed by atoms with van der Waals surface area (Å²) in [5.74, 6) is 0.905. The van der Waals surface area contributed by atoms with Crippen molar-refractivity contribution in [1.82, 2.24) is 5.43 Å². The van der Waals surface area contributed by atoms with Crippen molar-refractivity contribution in [3.63, 3.8) is 0 Å². The minimum absolute atomic E-state index is 0.303. The number of carbonyl (C=O) groups excluding carboxylic acids is 1. The summed E-state index contributed by atoms with van der Waals surface area (Å²) in [6, 6.07) is 25.3. The quantitative estimate of drug-likeness (QED) is 0.178. The standard InChI is InChI=1S/C27H22Br2N2O3/c1-2-33-25-15-18(16-30-31-27(32)22-12-5-6-13-23(22)28)14-24(29)26(25)34-17-20-10-7-9-19-8-3-4-11-21(19)20/h3-16H,2,17H2,1H3,(H,31,32)/b30-16-. The molecule has 0 bridgehead atoms. The van der Waals surface area contributed by atoms with Crippen LogP contribution in [0.15, 0.2) is 92.9 Å². The van der Waals surface area contributed by atoms with Gasteiger partial charge >= 0.3 is 0 Å². The number of halogens is 2. The molecule has 4 aromatic rings. The Balaban J connectivity index is 1.51. The molecule has 0 fully saturated rings. The molecule has 34 heavy (non-hydrogen) atoms. The Morgan fingerprint density at radius 1 is 0.941 bits per heavy atom. The highest BCUT2D eigenvalue weighted by Gasteiger charge is 2.13. The van der Waals surface area contributed by atoms with Crippen LogP contribution in [-0.2, 0) is 6.61 Å². The van der Waals surface area contributed by atoms with Crippen LogP contribution in [0.4, 0.5) is 0 Å². The minimum Gasteiger partial charge on any atom is -0.490 e. The van der Waals surface area contributed by atoms with E-state index in [-0.39, 0.29) is 5.91 Å². The van der Waals surface area contributed by atoms with Crippen molar-refractivity contribution in [2.45, 2.75) is 13.5 Å². The third kappa shape index (κ3) is 5.66. The van der Waals surface area contributed by atoms with Crippen LogP contribution >= 0.6 is 31.9 Å². The van der Waals surface area contributed by atoms with E-state index in [2.05, 4.69) is 66.7 Å². The number of hydrazone groups is 1. The molecule has 0 aliphatic heterocycles. The monoisotopic (exact) mass is 580 g/mol. The zero-order valence-electron chi connectivity index (χ0n) is 18.4. The highest BCUT2D eigenvalue weighted by Crippen LogP contribution is 2.37. The first kappa shape index (κ1) is 24.0. The second-order valence-electron chi connectivity index (χ2n) is 7.37. The van der Waals surface area contributed by atoms with Crippen LogP contribution in [0.2, 0.25) is 0 Å². The van der Waals surface area contributed by atoms with Gasteiger partial charge in [-0.1, -0.05) is 54.6 Å². The zero-order chi connectivity index (χ0) is 23.9. The summed E-state index contributed by atoms with van der Waals surface area (Å²) in [5.41, 5.74) is 4.90. The molecule has 0 saturated heterocycles. The SMILES string of the molecule is CCOc1cc(/C=N\NC(=O)c2ccccc2Br)cc(Br)c1OCc1cccc2ccccc12. The molecule has 0 unspecified atom stereocenters. The van der Waals surface area contributed by atoms with Crippen LogP contribution in [0.1, 0.15) is 28.4 Å². The molecule has 0 aromatic heterocycles. The van der Waals surface area contributed by atoms with E-state index >= 15 is 0 Å². The van der Waals surface area contributed by atoms with Gasteiger partial charge in [-0.05, 0) is 84.9 Å². The number of carbonyl (C=O) groups is 1. The third-order valence-electron chi connectivity index (χ3n) is 5.08. The molecule has 0 spiro atoms. The van der Waals surface area contributed by atoms with E-state index in [0.29, 0.717) is 34.7 Å². The molecule has 1 N–H and O–H groups in total. The molecule has 4 rings (SSSR count). The first-order valence-corrected chi connectivity index (χ1v) is 12.3. The van der Waals surface area contributed by atoms with Crippen LogP contribution in [-0.4, -0.2) is 18.7 Å². The van der Waals surface area contributed by atoms with Crippen LogP contribution < -0.4 is 14.9 Å². The summed E-state index contributed by atoms with van der Waals surface area (Å²) in [6.07, 6.45) is 1.57. The van der Waals surface area contributed by atoms with Gasteiger partial charge in [0.1, 0.15) is 6.61 Å². The third-order valence-corrected chi connectivity index (χ3v) is 6.36. The van der Waals surface area contributed by atoms with Gasteiger partial charge in [-0.2, -0.15) is 5.10 Å². The van der Waals surface area contributed by atoms with E-state index in [0.717, 1.165) is 21.0 Å². The summed E-state index contributed by atoms with van der Waals surface area (Å²) in [7, 11) is 0. The summed E-state index contributed by atoms with van der Waals surface area (Å²) >= 11 is 6.97. The molecule has 1 amide bonds. The normalized spacial score (nSPS) is 11.0. The lowest BCUT2D eigenvalue weighted by Crippen LogP contribution is -2.18. The maximum absolute atomic E-state index is 12.4. The van der Waals surface area contributed by atoms with Crippen molar-refractivity contribution >= 4 is 54.8 Å². The van der Waals surface area contributed by atoms with Crippen molar-refractivity contribution in [2.75, 3.05) is 6.61 Å². The minimum atomic E-state index is -0.303. The van der Waals surface area contributed by atoms with Crippen LogP contribution in [0.5, 0.6) is 11.5 Å². The molecule has 4 aromatic carbocycles. The molecular weight excluding hydrogens is 560 g/mol. The Kier molecular flexibility index (Phi) is 7.98. The van der Waals surface area contributed by atoms with Gasteiger partial charge in [0.05, 0.1) is 22.9 Å². The second-order valence-corrected chi connectivity index (χ2v) is 9.08. The molecule has 0 atom stereocenters. The summed E-state index contributed by atoms with van der Waals surface area (Å²) in [6.45, 7) is 2.80. The van der Waals surface area contributed by atoms with Crippen LogP contribution in [0.25, 0.3) is 10.8 Å². The number of hydrogen-bond acceptors (Lipinski definition) is 4. The average Bonchev–Trinajstić information content (AvgIpc) is 2.84. The highest BCUT2D eigenvalue weighted by molar-refractivity contribution is 9.10. The van der Waals surface area contributed by atoms with Crippen molar-refractivity contribution < 1.29 is 14.3 Å². The van der Waals surface area contributed by atoms with Gasteiger partial charge in [0.25, 0.3) is 5.91 Å². The first-order chi connectivity index (χ1) is 16.6. The van der Waals surface area contributed by atoms with Gasteiger partial charge < -0.3 is 9.47 Å². The van der Waals surface area contributed by atoms with Crippen molar-refractivity contribution in [2.24, 2.45) is 5.10 Å². The number of ether oxygens (including phenoxy) is 2. The molecular formula is C27H22Br2N2O3. The van der Waals surface area contributed by atoms with Gasteiger partial charge in [-0.25, -0.2) is 5.43 Å². The zero-order valence-corrected chi connectivity index (χ0v) is 21.6. The molecule has 7 heteroatoms. The summed E-state index contributed by atoms with van der Waals surface area (Å²) in [4.78, 5) is 12.4. The fraction of sp³-hybridized carbons (Fsp3) is 0.111. The maximum Gasteiger partial charge on any atom is 0.272 e. The maximum atomic E-state index is 12.4. The molecule has 0 heterocycles. The number of amides is 1. The Morgan fingerprint density at radius 2 is 1.71 bits per heavy atom. The van der Waals surface area contributed by atoms with E-state index in [1.807, 2.05) is 43.3 Å². The van der Waals surface area contributed by atoms with Gasteiger partial charge in [-0.3, -0.25) is 4.79 Å². The summed E-state index contributed by atoms with van der Waals surface area (Å²) in [5, 5.41) is 6.42. The Morgan fingerprint density at radius 3 is 2.53 bits per heavy atom. The molecule has 172 valence electrons. The molecule has 0 radical (unpaired) electrons. The van der Waals surface area contributed by atoms with Gasteiger partial charge in [-0.15, -0.1) is 0 Å². The average molecular weight is 582 g/mol. The number of benzene rings is 4. The van der Waals surface area contributed by atoms with Crippen molar-refractivity contribution in [3.8, 4) is 11.5 Å². The second kappa shape index (κ2) is 11.3. The highest BCUT2D eigenvalue weighted by atomic mass is 79.9. The van der Waals surface area contributed by atoms with Crippen LogP contribution in [0, 0.1) is 0 Å². The number of nitrogens with zero attached hydrogens (tertiary/aromatic N) is 1. The van der Waals surface area contributed by atoms with Gasteiger partial charge in [0.15, 0.2) is 11.5 Å². The molecule has 5 nitrogen and oxygen atoms in total.